The summed E-state index contributed by atoms with van der Waals surface area (Å²) in [4.78, 5) is 2.45. The van der Waals surface area contributed by atoms with Crippen LogP contribution in [0.2, 0.25) is 0 Å². The van der Waals surface area contributed by atoms with Crippen molar-refractivity contribution in [3.8, 4) is 0 Å². The molecule has 0 radical (unpaired) electrons. The maximum atomic E-state index is 5.85. The molecule has 0 amide bonds. The van der Waals surface area contributed by atoms with Crippen molar-refractivity contribution in [3.63, 3.8) is 0 Å². The molecule has 1 saturated heterocycles. The highest BCUT2D eigenvalue weighted by molar-refractivity contribution is 9.10. The molecule has 1 aromatic carbocycles. The fraction of sp³-hybridized carbons (Fsp3) is 0.571. The van der Waals surface area contributed by atoms with Gasteiger partial charge in [0, 0.05) is 36.9 Å². The van der Waals surface area contributed by atoms with Crippen molar-refractivity contribution in [2.45, 2.75) is 19.4 Å². The van der Waals surface area contributed by atoms with E-state index in [2.05, 4.69) is 39.0 Å². The molecule has 0 saturated carbocycles. The van der Waals surface area contributed by atoms with E-state index in [-0.39, 0.29) is 0 Å². The van der Waals surface area contributed by atoms with Gasteiger partial charge in [-0.2, -0.15) is 0 Å². The highest BCUT2D eigenvalue weighted by Crippen LogP contribution is 2.28. The Morgan fingerprint density at radius 3 is 3.06 bits per heavy atom. The molecule has 2 N–H and O–H groups in total. The zero-order valence-corrected chi connectivity index (χ0v) is 12.4. The van der Waals surface area contributed by atoms with E-state index >= 15 is 0 Å². The van der Waals surface area contributed by atoms with Crippen LogP contribution in [-0.2, 0) is 11.3 Å². The number of methoxy groups -OCH3 is 1. The van der Waals surface area contributed by atoms with Crippen LogP contribution in [0.3, 0.4) is 0 Å². The summed E-state index contributed by atoms with van der Waals surface area (Å²) in [7, 11) is 1.78. The highest BCUT2D eigenvalue weighted by Gasteiger charge is 2.21. The minimum Gasteiger partial charge on any atom is -0.384 e. The van der Waals surface area contributed by atoms with E-state index in [1.54, 1.807) is 7.11 Å². The lowest BCUT2D eigenvalue weighted by molar-refractivity contribution is 0.143. The summed E-state index contributed by atoms with van der Waals surface area (Å²) in [5, 5.41) is 0. The Kier molecular flexibility index (Phi) is 5.03. The van der Waals surface area contributed by atoms with E-state index in [0.717, 1.165) is 24.2 Å². The number of halogens is 1. The van der Waals surface area contributed by atoms with Gasteiger partial charge in [0.05, 0.1) is 6.61 Å². The third-order valence-corrected chi connectivity index (χ3v) is 4.02. The Hall–Kier alpha value is -0.580. The topological polar surface area (TPSA) is 38.5 Å². The van der Waals surface area contributed by atoms with Gasteiger partial charge < -0.3 is 15.4 Å². The molecule has 0 spiro atoms. The predicted molar refractivity (Wildman–Crippen MR) is 78.8 cm³/mol. The Balaban J connectivity index is 2.15. The molecule has 1 unspecified atom stereocenters. The zero-order valence-electron chi connectivity index (χ0n) is 10.9. The molecule has 3 nitrogen and oxygen atoms in total. The number of piperidine rings is 1. The van der Waals surface area contributed by atoms with Crippen molar-refractivity contribution in [3.05, 3.63) is 28.2 Å². The lowest BCUT2D eigenvalue weighted by atomic mass is 9.97. The average Bonchev–Trinajstić information content (AvgIpc) is 2.39. The first-order valence-corrected chi connectivity index (χ1v) is 7.26. The van der Waals surface area contributed by atoms with Gasteiger partial charge in [0.2, 0.25) is 0 Å². The van der Waals surface area contributed by atoms with E-state index in [0.29, 0.717) is 12.5 Å². The van der Waals surface area contributed by atoms with Gasteiger partial charge in [-0.3, -0.25) is 0 Å². The van der Waals surface area contributed by atoms with E-state index < -0.39 is 0 Å². The van der Waals surface area contributed by atoms with E-state index in [1.807, 2.05) is 0 Å². The predicted octanol–water partition coefficient (Wildman–Crippen LogP) is 2.77. The van der Waals surface area contributed by atoms with E-state index in [4.69, 9.17) is 10.5 Å². The average molecular weight is 313 g/mol. The molecular formula is C14H21BrN2O. The van der Waals surface area contributed by atoms with Gasteiger partial charge in [0.1, 0.15) is 0 Å². The lowest BCUT2D eigenvalue weighted by Crippen LogP contribution is -2.37. The molecule has 4 heteroatoms. The maximum Gasteiger partial charge on any atom is 0.0507 e. The monoisotopic (exact) mass is 312 g/mol. The van der Waals surface area contributed by atoms with Crippen LogP contribution in [0.1, 0.15) is 18.4 Å². The largest absolute Gasteiger partial charge is 0.384 e. The molecule has 1 aromatic rings. The summed E-state index contributed by atoms with van der Waals surface area (Å²) < 4.78 is 6.38. The van der Waals surface area contributed by atoms with Crippen LogP contribution in [-0.4, -0.2) is 26.8 Å². The highest BCUT2D eigenvalue weighted by atomic mass is 79.9. The molecule has 1 fully saturated rings. The number of rotatable bonds is 4. The second-order valence-corrected chi connectivity index (χ2v) is 5.80. The summed E-state index contributed by atoms with van der Waals surface area (Å²) in [6.07, 6.45) is 2.49. The SMILES string of the molecule is COCC1CCCN(c2ccc(Br)cc2CN)C1. The van der Waals surface area contributed by atoms with Crippen LogP contribution in [0.4, 0.5) is 5.69 Å². The van der Waals surface area contributed by atoms with Gasteiger partial charge in [-0.15, -0.1) is 0 Å². The molecule has 1 aliphatic heterocycles. The van der Waals surface area contributed by atoms with Crippen molar-refractivity contribution in [1.82, 2.24) is 0 Å². The molecule has 2 rings (SSSR count). The molecule has 1 heterocycles. The summed E-state index contributed by atoms with van der Waals surface area (Å²) in [6.45, 7) is 3.63. The smallest absolute Gasteiger partial charge is 0.0507 e. The number of hydrogen-bond acceptors (Lipinski definition) is 3. The first kappa shape index (κ1) is 13.8. The first-order valence-electron chi connectivity index (χ1n) is 6.47. The fourth-order valence-electron chi connectivity index (χ4n) is 2.68. The minimum atomic E-state index is 0.584. The quantitative estimate of drug-likeness (QED) is 0.929. The third kappa shape index (κ3) is 3.25. The Labute approximate surface area is 117 Å². The third-order valence-electron chi connectivity index (χ3n) is 3.52. The lowest BCUT2D eigenvalue weighted by Gasteiger charge is -2.35. The standard InChI is InChI=1S/C14H21BrN2O/c1-18-10-11-3-2-6-17(9-11)14-5-4-13(15)7-12(14)8-16/h4-5,7,11H,2-3,6,8-10,16H2,1H3. The van der Waals surface area contributed by atoms with Crippen molar-refractivity contribution in [2.75, 3.05) is 31.7 Å². The van der Waals surface area contributed by atoms with Crippen LogP contribution in [0, 0.1) is 5.92 Å². The number of nitrogens with two attached hydrogens (primary N) is 1. The number of hydrogen-bond donors (Lipinski definition) is 1. The van der Waals surface area contributed by atoms with Gasteiger partial charge in [-0.1, -0.05) is 15.9 Å². The van der Waals surface area contributed by atoms with Gasteiger partial charge in [0.25, 0.3) is 0 Å². The van der Waals surface area contributed by atoms with Gasteiger partial charge >= 0.3 is 0 Å². The molecule has 0 aliphatic carbocycles. The van der Waals surface area contributed by atoms with Gasteiger partial charge in [-0.05, 0) is 42.5 Å². The fourth-order valence-corrected chi connectivity index (χ4v) is 3.09. The van der Waals surface area contributed by atoms with Crippen molar-refractivity contribution in [2.24, 2.45) is 11.7 Å². The summed E-state index contributed by atoms with van der Waals surface area (Å²) in [5.74, 6) is 0.637. The second kappa shape index (κ2) is 6.55. The molecule has 1 atom stereocenters. The Bertz CT molecular complexity index is 395. The van der Waals surface area contributed by atoms with Crippen molar-refractivity contribution >= 4 is 21.6 Å². The van der Waals surface area contributed by atoms with E-state index in [1.165, 1.54) is 24.1 Å². The van der Waals surface area contributed by atoms with Crippen LogP contribution in [0.15, 0.2) is 22.7 Å². The van der Waals surface area contributed by atoms with E-state index in [9.17, 15) is 0 Å². The summed E-state index contributed by atoms with van der Waals surface area (Å²) in [6, 6.07) is 6.38. The molecule has 0 bridgehead atoms. The Morgan fingerprint density at radius 2 is 2.33 bits per heavy atom. The van der Waals surface area contributed by atoms with Crippen LogP contribution < -0.4 is 10.6 Å². The summed E-state index contributed by atoms with van der Waals surface area (Å²) >= 11 is 3.50. The van der Waals surface area contributed by atoms with Crippen LogP contribution in [0.5, 0.6) is 0 Å². The molecule has 0 aromatic heterocycles. The molecule has 1 aliphatic rings. The second-order valence-electron chi connectivity index (χ2n) is 4.89. The molecular weight excluding hydrogens is 292 g/mol. The van der Waals surface area contributed by atoms with Crippen LogP contribution >= 0.6 is 15.9 Å². The van der Waals surface area contributed by atoms with Crippen LogP contribution in [0.25, 0.3) is 0 Å². The number of benzene rings is 1. The number of nitrogens with zero attached hydrogens (tertiary/aromatic N) is 1. The number of ether oxygens (including phenoxy) is 1. The molecule has 18 heavy (non-hydrogen) atoms. The summed E-state index contributed by atoms with van der Waals surface area (Å²) in [5.41, 5.74) is 8.34. The minimum absolute atomic E-state index is 0.584. The maximum absolute atomic E-state index is 5.85. The van der Waals surface area contributed by atoms with Gasteiger partial charge in [-0.25, -0.2) is 0 Å². The Morgan fingerprint density at radius 1 is 1.50 bits per heavy atom. The van der Waals surface area contributed by atoms with Gasteiger partial charge in [0.15, 0.2) is 0 Å². The molecule has 100 valence electrons. The van der Waals surface area contributed by atoms with Crippen molar-refractivity contribution in [1.29, 1.82) is 0 Å². The first-order chi connectivity index (χ1) is 8.74. The van der Waals surface area contributed by atoms with Crippen molar-refractivity contribution < 1.29 is 4.74 Å². The zero-order chi connectivity index (χ0) is 13.0. The number of anilines is 1. The normalized spacial score (nSPS) is 20.2.